The average molecular weight is 318 g/mol. The smallest absolute Gasteiger partial charge is 0.328 e. The van der Waals surface area contributed by atoms with Crippen LogP contribution in [0.2, 0.25) is 5.02 Å². The molecule has 0 atom stereocenters. The Morgan fingerprint density at radius 1 is 1.27 bits per heavy atom. The van der Waals surface area contributed by atoms with Gasteiger partial charge in [-0.15, -0.1) is 0 Å². The third-order valence-corrected chi connectivity index (χ3v) is 3.47. The van der Waals surface area contributed by atoms with Gasteiger partial charge in [-0.05, 0) is 19.1 Å². The predicted molar refractivity (Wildman–Crippen MR) is 82.1 cm³/mol. The van der Waals surface area contributed by atoms with Crippen molar-refractivity contribution in [3.8, 4) is 11.5 Å². The van der Waals surface area contributed by atoms with Gasteiger partial charge < -0.3 is 4.42 Å². The Morgan fingerprint density at radius 3 is 2.73 bits per heavy atom. The van der Waals surface area contributed by atoms with E-state index in [1.807, 2.05) is 30.3 Å². The Balaban J connectivity index is 1.97. The lowest BCUT2D eigenvalue weighted by Crippen LogP contribution is -2.30. The first kappa shape index (κ1) is 14.3. The van der Waals surface area contributed by atoms with Crippen LogP contribution in [0.3, 0.4) is 0 Å². The highest BCUT2D eigenvalue weighted by Crippen LogP contribution is 2.21. The van der Waals surface area contributed by atoms with Crippen LogP contribution in [0.4, 0.5) is 0 Å². The van der Waals surface area contributed by atoms with Gasteiger partial charge in [0.25, 0.3) is 5.56 Å². The van der Waals surface area contributed by atoms with E-state index in [9.17, 15) is 9.59 Å². The summed E-state index contributed by atoms with van der Waals surface area (Å²) in [4.78, 5) is 29.6. The average Bonchev–Trinajstić information content (AvgIpc) is 2.87. The number of nitrogens with one attached hydrogen (secondary N) is 1. The summed E-state index contributed by atoms with van der Waals surface area (Å²) < 4.78 is 6.92. The highest BCUT2D eigenvalue weighted by Gasteiger charge is 2.13. The summed E-state index contributed by atoms with van der Waals surface area (Å²) in [5, 5.41) is -0.0518. The number of H-pyrrole nitrogens is 1. The van der Waals surface area contributed by atoms with Gasteiger partial charge in [0, 0.05) is 11.8 Å². The van der Waals surface area contributed by atoms with Crippen LogP contribution < -0.4 is 11.2 Å². The quantitative estimate of drug-likeness (QED) is 0.803. The minimum Gasteiger partial charge on any atom is -0.441 e. The molecule has 1 aromatic carbocycles. The minimum absolute atomic E-state index is 0.0518. The van der Waals surface area contributed by atoms with Gasteiger partial charge in [0.15, 0.2) is 0 Å². The molecule has 22 heavy (non-hydrogen) atoms. The molecule has 3 rings (SSSR count). The minimum atomic E-state index is -0.607. The Kier molecular flexibility index (Phi) is 3.68. The first-order chi connectivity index (χ1) is 10.5. The van der Waals surface area contributed by atoms with Crippen molar-refractivity contribution in [1.82, 2.24) is 14.5 Å². The molecule has 7 heteroatoms. The second-order valence-electron chi connectivity index (χ2n) is 4.75. The molecule has 112 valence electrons. The predicted octanol–water partition coefficient (Wildman–Crippen LogP) is 2.20. The molecule has 0 fully saturated rings. The normalized spacial score (nSPS) is 10.8. The van der Waals surface area contributed by atoms with Crippen molar-refractivity contribution in [1.29, 1.82) is 0 Å². The number of rotatable bonds is 3. The van der Waals surface area contributed by atoms with E-state index in [0.29, 0.717) is 17.3 Å². The standard InChI is InChI=1S/C15H12ClN3O3/c1-9-12(8-19-7-11(16)13(20)18-15(19)21)17-14(22-9)10-5-3-2-4-6-10/h2-7H,8H2,1H3,(H,18,20,21). The maximum absolute atomic E-state index is 11.8. The van der Waals surface area contributed by atoms with Gasteiger partial charge in [0.05, 0.1) is 6.54 Å². The summed E-state index contributed by atoms with van der Waals surface area (Å²) in [6.07, 6.45) is 1.29. The molecule has 0 saturated carbocycles. The zero-order valence-corrected chi connectivity index (χ0v) is 12.4. The molecule has 0 unspecified atom stereocenters. The third-order valence-electron chi connectivity index (χ3n) is 3.20. The van der Waals surface area contributed by atoms with Gasteiger partial charge in [0.2, 0.25) is 5.89 Å². The molecule has 6 nitrogen and oxygen atoms in total. The van der Waals surface area contributed by atoms with Crippen LogP contribution in [0.25, 0.3) is 11.5 Å². The van der Waals surface area contributed by atoms with E-state index in [0.717, 1.165) is 5.56 Å². The molecule has 0 amide bonds. The maximum atomic E-state index is 11.8. The zero-order chi connectivity index (χ0) is 15.7. The molecule has 0 bridgehead atoms. The number of nitrogens with zero attached hydrogens (tertiary/aromatic N) is 2. The molecular weight excluding hydrogens is 306 g/mol. The zero-order valence-electron chi connectivity index (χ0n) is 11.7. The fourth-order valence-corrected chi connectivity index (χ4v) is 2.21. The summed E-state index contributed by atoms with van der Waals surface area (Å²) >= 11 is 5.75. The van der Waals surface area contributed by atoms with Gasteiger partial charge in [-0.1, -0.05) is 29.8 Å². The number of aromatic nitrogens is 3. The monoisotopic (exact) mass is 317 g/mol. The number of benzene rings is 1. The van der Waals surface area contributed by atoms with Crippen LogP contribution in [-0.2, 0) is 6.54 Å². The second kappa shape index (κ2) is 5.65. The van der Waals surface area contributed by atoms with Crippen LogP contribution in [0, 0.1) is 6.92 Å². The lowest BCUT2D eigenvalue weighted by Gasteiger charge is -2.02. The number of aryl methyl sites for hydroxylation is 1. The summed E-state index contributed by atoms with van der Waals surface area (Å²) in [6.45, 7) is 1.94. The number of hydrogen-bond donors (Lipinski definition) is 1. The summed E-state index contributed by atoms with van der Waals surface area (Å²) in [5.74, 6) is 1.09. The SMILES string of the molecule is Cc1oc(-c2ccccc2)nc1Cn1cc(Cl)c(=O)[nH]c1=O. The van der Waals surface area contributed by atoms with Crippen molar-refractivity contribution in [3.05, 3.63) is 73.8 Å². The van der Waals surface area contributed by atoms with E-state index in [-0.39, 0.29) is 11.6 Å². The van der Waals surface area contributed by atoms with Crippen molar-refractivity contribution >= 4 is 11.6 Å². The molecule has 3 aromatic rings. The van der Waals surface area contributed by atoms with Crippen molar-refractivity contribution in [2.24, 2.45) is 0 Å². The van der Waals surface area contributed by atoms with Crippen LogP contribution >= 0.6 is 11.6 Å². The molecule has 0 aliphatic rings. The Morgan fingerprint density at radius 2 is 2.00 bits per heavy atom. The lowest BCUT2D eigenvalue weighted by molar-refractivity contribution is 0.537. The van der Waals surface area contributed by atoms with E-state index in [1.165, 1.54) is 10.8 Å². The summed E-state index contributed by atoms with van der Waals surface area (Å²) in [5.41, 5.74) is 0.301. The maximum Gasteiger partial charge on any atom is 0.328 e. The van der Waals surface area contributed by atoms with Gasteiger partial charge in [-0.25, -0.2) is 9.78 Å². The number of aromatic amines is 1. The van der Waals surface area contributed by atoms with Crippen molar-refractivity contribution in [3.63, 3.8) is 0 Å². The number of halogens is 1. The molecule has 0 aliphatic heterocycles. The molecular formula is C15H12ClN3O3. The number of oxazole rings is 1. The van der Waals surface area contributed by atoms with Crippen LogP contribution in [0.1, 0.15) is 11.5 Å². The molecule has 2 heterocycles. The molecule has 0 spiro atoms. The van der Waals surface area contributed by atoms with Gasteiger partial charge in [0.1, 0.15) is 16.5 Å². The second-order valence-corrected chi connectivity index (χ2v) is 5.16. The highest BCUT2D eigenvalue weighted by atomic mass is 35.5. The largest absolute Gasteiger partial charge is 0.441 e. The Labute approximate surface area is 130 Å². The van der Waals surface area contributed by atoms with E-state index < -0.39 is 11.2 Å². The van der Waals surface area contributed by atoms with Crippen molar-refractivity contribution in [2.45, 2.75) is 13.5 Å². The summed E-state index contributed by atoms with van der Waals surface area (Å²) in [6, 6.07) is 9.46. The van der Waals surface area contributed by atoms with Gasteiger partial charge in [-0.2, -0.15) is 0 Å². The van der Waals surface area contributed by atoms with Crippen LogP contribution in [0.15, 0.2) is 50.5 Å². The third kappa shape index (κ3) is 2.73. The highest BCUT2D eigenvalue weighted by molar-refractivity contribution is 6.30. The molecule has 0 aliphatic carbocycles. The molecule has 1 N–H and O–H groups in total. The van der Waals surface area contributed by atoms with Gasteiger partial charge >= 0.3 is 5.69 Å². The topological polar surface area (TPSA) is 80.9 Å². The summed E-state index contributed by atoms with van der Waals surface area (Å²) in [7, 11) is 0. The first-order valence-electron chi connectivity index (χ1n) is 6.55. The fraction of sp³-hybridized carbons (Fsp3) is 0.133. The van der Waals surface area contributed by atoms with Crippen molar-refractivity contribution in [2.75, 3.05) is 0 Å². The van der Waals surface area contributed by atoms with Gasteiger partial charge in [-0.3, -0.25) is 14.3 Å². The van der Waals surface area contributed by atoms with E-state index in [4.69, 9.17) is 16.0 Å². The fourth-order valence-electron chi connectivity index (χ4n) is 2.04. The number of hydrogen-bond acceptors (Lipinski definition) is 4. The van der Waals surface area contributed by atoms with Crippen LogP contribution in [0.5, 0.6) is 0 Å². The molecule has 0 saturated heterocycles. The van der Waals surface area contributed by atoms with E-state index in [1.54, 1.807) is 6.92 Å². The van der Waals surface area contributed by atoms with E-state index >= 15 is 0 Å². The van der Waals surface area contributed by atoms with E-state index in [2.05, 4.69) is 9.97 Å². The molecule has 0 radical (unpaired) electrons. The molecule has 2 aromatic heterocycles. The van der Waals surface area contributed by atoms with Crippen LogP contribution in [-0.4, -0.2) is 14.5 Å². The Hall–Kier alpha value is -2.60. The van der Waals surface area contributed by atoms with Crippen molar-refractivity contribution < 1.29 is 4.42 Å². The lowest BCUT2D eigenvalue weighted by atomic mass is 10.2. The first-order valence-corrected chi connectivity index (χ1v) is 6.93. The Bertz CT molecular complexity index is 925.